The number of carbonyl (C=O) groups excluding carboxylic acids is 1. The van der Waals surface area contributed by atoms with Crippen LogP contribution >= 0.6 is 15.9 Å². The van der Waals surface area contributed by atoms with Gasteiger partial charge in [0, 0.05) is 16.7 Å². The molecule has 2 N–H and O–H groups in total. The van der Waals surface area contributed by atoms with Gasteiger partial charge in [-0.1, -0.05) is 66.2 Å². The molecule has 0 fully saturated rings. The lowest BCUT2D eigenvalue weighted by atomic mass is 9.98. The Morgan fingerprint density at radius 1 is 1.14 bits per heavy atom. The number of hydrogen-bond acceptors (Lipinski definition) is 1. The van der Waals surface area contributed by atoms with Crippen LogP contribution in [0.4, 0.5) is 10.5 Å². The summed E-state index contributed by atoms with van der Waals surface area (Å²) in [5, 5.41) is 5.89. The van der Waals surface area contributed by atoms with Crippen LogP contribution in [0, 0.1) is 6.92 Å². The van der Waals surface area contributed by atoms with E-state index in [4.69, 9.17) is 0 Å². The first-order valence-corrected chi connectivity index (χ1v) is 8.16. The highest BCUT2D eigenvalue weighted by Gasteiger charge is 2.12. The smallest absolute Gasteiger partial charge is 0.319 e. The van der Waals surface area contributed by atoms with Crippen LogP contribution in [0.25, 0.3) is 0 Å². The number of aryl methyl sites for hydroxylation is 1. The number of benzene rings is 2. The van der Waals surface area contributed by atoms with E-state index in [0.29, 0.717) is 12.5 Å². The number of urea groups is 1. The van der Waals surface area contributed by atoms with Crippen LogP contribution in [0.15, 0.2) is 46.9 Å². The zero-order chi connectivity index (χ0) is 16.1. The van der Waals surface area contributed by atoms with Gasteiger partial charge in [0.15, 0.2) is 0 Å². The SMILES string of the molecule is Cc1cccc(C(C)C)c1NC(=O)NCc1ccccc1Br. The number of para-hydroxylation sites is 1. The summed E-state index contributed by atoms with van der Waals surface area (Å²) in [6, 6.07) is 13.8. The molecular formula is C18H21BrN2O. The van der Waals surface area contributed by atoms with Crippen LogP contribution in [0.2, 0.25) is 0 Å². The summed E-state index contributed by atoms with van der Waals surface area (Å²) in [5.41, 5.74) is 4.17. The first-order chi connectivity index (χ1) is 10.5. The summed E-state index contributed by atoms with van der Waals surface area (Å²) in [4.78, 5) is 12.2. The van der Waals surface area contributed by atoms with Gasteiger partial charge in [0.2, 0.25) is 0 Å². The minimum atomic E-state index is -0.188. The predicted molar refractivity (Wildman–Crippen MR) is 95.3 cm³/mol. The fraction of sp³-hybridized carbons (Fsp3) is 0.278. The summed E-state index contributed by atoms with van der Waals surface area (Å²) in [6.45, 7) is 6.74. The lowest BCUT2D eigenvalue weighted by molar-refractivity contribution is 0.251. The number of halogens is 1. The molecule has 0 heterocycles. The van der Waals surface area contributed by atoms with Gasteiger partial charge in [-0.3, -0.25) is 0 Å². The summed E-state index contributed by atoms with van der Waals surface area (Å²) in [7, 11) is 0. The second kappa shape index (κ2) is 7.45. The lowest BCUT2D eigenvalue weighted by Crippen LogP contribution is -2.29. The molecule has 2 aromatic carbocycles. The number of anilines is 1. The molecule has 2 aromatic rings. The van der Waals surface area contributed by atoms with E-state index < -0.39 is 0 Å². The van der Waals surface area contributed by atoms with E-state index in [-0.39, 0.29) is 6.03 Å². The first kappa shape index (κ1) is 16.6. The quantitative estimate of drug-likeness (QED) is 0.772. The molecule has 0 radical (unpaired) electrons. The van der Waals surface area contributed by atoms with E-state index >= 15 is 0 Å². The largest absolute Gasteiger partial charge is 0.334 e. The number of nitrogens with one attached hydrogen (secondary N) is 2. The minimum Gasteiger partial charge on any atom is -0.334 e. The summed E-state index contributed by atoms with van der Waals surface area (Å²) >= 11 is 3.48. The Balaban J connectivity index is 2.05. The molecular weight excluding hydrogens is 340 g/mol. The Hall–Kier alpha value is -1.81. The molecule has 0 bridgehead atoms. The van der Waals surface area contributed by atoms with E-state index in [1.54, 1.807) is 0 Å². The van der Waals surface area contributed by atoms with Gasteiger partial charge in [-0.05, 0) is 35.6 Å². The highest BCUT2D eigenvalue weighted by atomic mass is 79.9. The maximum Gasteiger partial charge on any atom is 0.319 e. The third-order valence-electron chi connectivity index (χ3n) is 3.56. The molecule has 0 saturated carbocycles. The fourth-order valence-electron chi connectivity index (χ4n) is 2.32. The van der Waals surface area contributed by atoms with Crippen molar-refractivity contribution in [2.75, 3.05) is 5.32 Å². The predicted octanol–water partition coefficient (Wildman–Crippen LogP) is 5.20. The molecule has 22 heavy (non-hydrogen) atoms. The monoisotopic (exact) mass is 360 g/mol. The zero-order valence-electron chi connectivity index (χ0n) is 13.1. The second-order valence-electron chi connectivity index (χ2n) is 5.59. The molecule has 0 unspecified atom stereocenters. The summed E-state index contributed by atoms with van der Waals surface area (Å²) in [5.74, 6) is 0.360. The van der Waals surface area contributed by atoms with Crippen molar-refractivity contribution >= 4 is 27.6 Å². The Bertz CT molecular complexity index is 668. The van der Waals surface area contributed by atoms with Crippen molar-refractivity contribution in [2.45, 2.75) is 33.2 Å². The number of amides is 2. The first-order valence-electron chi connectivity index (χ1n) is 7.36. The fourth-order valence-corrected chi connectivity index (χ4v) is 2.74. The third kappa shape index (κ3) is 4.10. The van der Waals surface area contributed by atoms with Crippen LogP contribution in [0.1, 0.15) is 36.5 Å². The van der Waals surface area contributed by atoms with Gasteiger partial charge in [-0.15, -0.1) is 0 Å². The molecule has 0 spiro atoms. The minimum absolute atomic E-state index is 0.188. The Labute approximate surface area is 140 Å². The van der Waals surface area contributed by atoms with Gasteiger partial charge in [0.25, 0.3) is 0 Å². The molecule has 0 aliphatic heterocycles. The molecule has 0 aliphatic carbocycles. The van der Waals surface area contributed by atoms with Crippen LogP contribution < -0.4 is 10.6 Å². The topological polar surface area (TPSA) is 41.1 Å². The summed E-state index contributed by atoms with van der Waals surface area (Å²) < 4.78 is 0.995. The van der Waals surface area contributed by atoms with Gasteiger partial charge in [-0.2, -0.15) is 0 Å². The molecule has 0 aromatic heterocycles. The average Bonchev–Trinajstić information content (AvgIpc) is 2.48. The molecule has 0 atom stereocenters. The van der Waals surface area contributed by atoms with Crippen molar-refractivity contribution < 1.29 is 4.79 Å². The number of rotatable bonds is 4. The number of carbonyl (C=O) groups is 1. The van der Waals surface area contributed by atoms with Gasteiger partial charge in [0.1, 0.15) is 0 Å². The Morgan fingerprint density at radius 3 is 2.55 bits per heavy atom. The molecule has 2 amide bonds. The van der Waals surface area contributed by atoms with Crippen molar-refractivity contribution in [1.29, 1.82) is 0 Å². The van der Waals surface area contributed by atoms with Crippen molar-refractivity contribution in [3.63, 3.8) is 0 Å². The van der Waals surface area contributed by atoms with Crippen molar-refractivity contribution in [1.82, 2.24) is 5.32 Å². The Morgan fingerprint density at radius 2 is 1.86 bits per heavy atom. The summed E-state index contributed by atoms with van der Waals surface area (Å²) in [6.07, 6.45) is 0. The van der Waals surface area contributed by atoms with E-state index in [0.717, 1.165) is 26.9 Å². The average molecular weight is 361 g/mol. The highest BCUT2D eigenvalue weighted by molar-refractivity contribution is 9.10. The Kier molecular flexibility index (Phi) is 5.61. The molecule has 4 heteroatoms. The maximum atomic E-state index is 12.2. The van der Waals surface area contributed by atoms with Crippen LogP contribution in [0.5, 0.6) is 0 Å². The maximum absolute atomic E-state index is 12.2. The zero-order valence-corrected chi connectivity index (χ0v) is 14.7. The third-order valence-corrected chi connectivity index (χ3v) is 4.34. The van der Waals surface area contributed by atoms with E-state index in [1.165, 1.54) is 0 Å². The molecule has 0 aliphatic rings. The van der Waals surface area contributed by atoms with Crippen LogP contribution in [-0.4, -0.2) is 6.03 Å². The van der Waals surface area contributed by atoms with Gasteiger partial charge in [0.05, 0.1) is 0 Å². The van der Waals surface area contributed by atoms with Crippen LogP contribution in [-0.2, 0) is 6.54 Å². The normalized spacial score (nSPS) is 10.6. The van der Waals surface area contributed by atoms with Gasteiger partial charge in [-0.25, -0.2) is 4.79 Å². The highest BCUT2D eigenvalue weighted by Crippen LogP contribution is 2.27. The molecule has 116 valence electrons. The standard InChI is InChI=1S/C18H21BrN2O/c1-12(2)15-9-6-7-13(3)17(15)21-18(22)20-11-14-8-4-5-10-16(14)19/h4-10,12H,11H2,1-3H3,(H2,20,21,22). The molecule has 2 rings (SSSR count). The van der Waals surface area contributed by atoms with Crippen molar-refractivity contribution in [3.8, 4) is 0 Å². The molecule has 3 nitrogen and oxygen atoms in total. The second-order valence-corrected chi connectivity index (χ2v) is 6.45. The van der Waals surface area contributed by atoms with Gasteiger partial charge >= 0.3 is 6.03 Å². The van der Waals surface area contributed by atoms with Crippen molar-refractivity contribution in [3.05, 3.63) is 63.6 Å². The molecule has 0 saturated heterocycles. The van der Waals surface area contributed by atoms with E-state index in [2.05, 4.69) is 46.5 Å². The van der Waals surface area contributed by atoms with Crippen LogP contribution in [0.3, 0.4) is 0 Å². The number of hydrogen-bond donors (Lipinski definition) is 2. The van der Waals surface area contributed by atoms with Gasteiger partial charge < -0.3 is 10.6 Å². The lowest BCUT2D eigenvalue weighted by Gasteiger charge is -2.17. The van der Waals surface area contributed by atoms with E-state index in [1.807, 2.05) is 43.3 Å². The van der Waals surface area contributed by atoms with E-state index in [9.17, 15) is 4.79 Å². The van der Waals surface area contributed by atoms with Crippen molar-refractivity contribution in [2.24, 2.45) is 0 Å².